The summed E-state index contributed by atoms with van der Waals surface area (Å²) in [4.78, 5) is 2.31. The van der Waals surface area contributed by atoms with Crippen LogP contribution in [0.15, 0.2) is 96.3 Å². The number of nitrogens with zero attached hydrogens (tertiary/aromatic N) is 1. The molecule has 3 aromatic carbocycles. The Labute approximate surface area is 242 Å². The minimum Gasteiger partial charge on any atom is -0.494 e. The molecule has 1 aliphatic rings. The summed E-state index contributed by atoms with van der Waals surface area (Å²) >= 11 is 0. The summed E-state index contributed by atoms with van der Waals surface area (Å²) in [5, 5.41) is 0. The summed E-state index contributed by atoms with van der Waals surface area (Å²) in [5.74, 6) is 2.81. The van der Waals surface area contributed by atoms with E-state index in [1.807, 2.05) is 0 Å². The van der Waals surface area contributed by atoms with Gasteiger partial charge in [0.2, 0.25) is 0 Å². The van der Waals surface area contributed by atoms with Gasteiger partial charge in [-0.2, -0.15) is 0 Å². The van der Waals surface area contributed by atoms with E-state index in [1.54, 1.807) is 0 Å². The van der Waals surface area contributed by atoms with Crippen molar-refractivity contribution in [3.8, 4) is 11.5 Å². The van der Waals surface area contributed by atoms with Crippen molar-refractivity contribution >= 4 is 17.1 Å². The second-order valence-corrected chi connectivity index (χ2v) is 10.8. The number of rotatable bonds is 16. The third-order valence-electron chi connectivity index (χ3n) is 7.42. The van der Waals surface area contributed by atoms with E-state index in [4.69, 9.17) is 9.47 Å². The maximum atomic E-state index is 6.41. The van der Waals surface area contributed by atoms with Crippen LogP contribution in [0.4, 0.5) is 17.1 Å². The van der Waals surface area contributed by atoms with Gasteiger partial charge >= 0.3 is 0 Å². The lowest BCUT2D eigenvalue weighted by molar-refractivity contribution is 0.305. The Kier molecular flexibility index (Phi) is 11.8. The van der Waals surface area contributed by atoms with Crippen LogP contribution < -0.4 is 14.4 Å². The van der Waals surface area contributed by atoms with E-state index in [0.29, 0.717) is 0 Å². The summed E-state index contributed by atoms with van der Waals surface area (Å²) in [7, 11) is 0. The predicted octanol–water partition coefficient (Wildman–Crippen LogP) is 11.2. The van der Waals surface area contributed by atoms with Crippen molar-refractivity contribution in [2.24, 2.45) is 0 Å². The standard InChI is InChI=1S/C37H47NO2/c1-4-7-9-10-26-39-36-20-12-18-33(28-36)38(32-17-11-16-31(27-32)14-6-3)34-19-13-21-37(29-34)40-35-24-22-30(23-25-35)15-8-5-2/h11-13,16-22,24,27-29H,4-10,14-15,23,25-26H2,1-3H3. The van der Waals surface area contributed by atoms with Crippen LogP contribution in [0.1, 0.15) is 90.5 Å². The molecule has 0 saturated carbocycles. The molecule has 0 radical (unpaired) electrons. The largest absolute Gasteiger partial charge is 0.494 e. The van der Waals surface area contributed by atoms with Crippen molar-refractivity contribution in [2.75, 3.05) is 11.5 Å². The molecule has 40 heavy (non-hydrogen) atoms. The number of hydrogen-bond donors (Lipinski definition) is 0. The Morgan fingerprint density at radius 1 is 0.625 bits per heavy atom. The lowest BCUT2D eigenvalue weighted by Crippen LogP contribution is -2.11. The fourth-order valence-corrected chi connectivity index (χ4v) is 5.21. The molecule has 3 aromatic rings. The smallest absolute Gasteiger partial charge is 0.129 e. The van der Waals surface area contributed by atoms with Crippen molar-refractivity contribution in [1.82, 2.24) is 0 Å². The lowest BCUT2D eigenvalue weighted by Gasteiger charge is -2.27. The van der Waals surface area contributed by atoms with Crippen molar-refractivity contribution in [3.05, 3.63) is 102 Å². The molecule has 0 heterocycles. The topological polar surface area (TPSA) is 21.7 Å². The third-order valence-corrected chi connectivity index (χ3v) is 7.42. The van der Waals surface area contributed by atoms with E-state index in [9.17, 15) is 0 Å². The first-order chi connectivity index (χ1) is 19.7. The highest BCUT2D eigenvalue weighted by Crippen LogP contribution is 2.38. The maximum absolute atomic E-state index is 6.41. The Morgan fingerprint density at radius 3 is 2.02 bits per heavy atom. The molecule has 0 aliphatic heterocycles. The fourth-order valence-electron chi connectivity index (χ4n) is 5.21. The van der Waals surface area contributed by atoms with Gasteiger partial charge in [-0.1, -0.05) is 88.8 Å². The summed E-state index contributed by atoms with van der Waals surface area (Å²) in [5.41, 5.74) is 6.18. The number of hydrogen-bond acceptors (Lipinski definition) is 3. The Hall–Kier alpha value is -3.46. The molecule has 0 N–H and O–H groups in total. The maximum Gasteiger partial charge on any atom is 0.129 e. The summed E-state index contributed by atoms with van der Waals surface area (Å²) in [6.45, 7) is 7.47. The van der Waals surface area contributed by atoms with Crippen LogP contribution >= 0.6 is 0 Å². The predicted molar refractivity (Wildman–Crippen MR) is 170 cm³/mol. The van der Waals surface area contributed by atoms with Crippen LogP contribution in [-0.2, 0) is 6.42 Å². The monoisotopic (exact) mass is 537 g/mol. The molecular formula is C37H47NO2. The summed E-state index contributed by atoms with van der Waals surface area (Å²) in [6, 6.07) is 25.8. The molecule has 3 heteroatoms. The van der Waals surface area contributed by atoms with Crippen molar-refractivity contribution < 1.29 is 9.47 Å². The van der Waals surface area contributed by atoms with E-state index in [2.05, 4.69) is 111 Å². The van der Waals surface area contributed by atoms with Crippen LogP contribution in [0.25, 0.3) is 0 Å². The molecular weight excluding hydrogens is 490 g/mol. The number of benzene rings is 3. The normalized spacial score (nSPS) is 13.0. The summed E-state index contributed by atoms with van der Waals surface area (Å²) < 4.78 is 12.6. The quantitative estimate of drug-likeness (QED) is 0.170. The van der Waals surface area contributed by atoms with Gasteiger partial charge in [-0.25, -0.2) is 0 Å². The van der Waals surface area contributed by atoms with Gasteiger partial charge in [0, 0.05) is 35.6 Å². The molecule has 0 bridgehead atoms. The average molecular weight is 538 g/mol. The Bertz CT molecular complexity index is 1260. The number of allylic oxidation sites excluding steroid dienone is 4. The van der Waals surface area contributed by atoms with E-state index in [1.165, 1.54) is 49.7 Å². The zero-order chi connectivity index (χ0) is 28.0. The van der Waals surface area contributed by atoms with E-state index < -0.39 is 0 Å². The molecule has 0 spiro atoms. The molecule has 0 atom stereocenters. The molecule has 0 unspecified atom stereocenters. The zero-order valence-corrected chi connectivity index (χ0v) is 24.8. The van der Waals surface area contributed by atoms with Gasteiger partial charge in [0.15, 0.2) is 0 Å². The van der Waals surface area contributed by atoms with Crippen LogP contribution in [0.5, 0.6) is 11.5 Å². The third kappa shape index (κ3) is 8.78. The Morgan fingerprint density at radius 2 is 1.32 bits per heavy atom. The molecule has 0 amide bonds. The molecule has 3 nitrogen and oxygen atoms in total. The van der Waals surface area contributed by atoms with Gasteiger partial charge < -0.3 is 14.4 Å². The SMILES string of the molecule is CCCCCCOc1cccc(N(c2cccc(CCC)c2)c2cccc(OC3=CC=C(CCCC)CC3)c2)c1. The minimum absolute atomic E-state index is 0.752. The van der Waals surface area contributed by atoms with Gasteiger partial charge in [0.25, 0.3) is 0 Å². The van der Waals surface area contributed by atoms with Crippen molar-refractivity contribution in [1.29, 1.82) is 0 Å². The number of aryl methyl sites for hydroxylation is 1. The first kappa shape index (κ1) is 29.5. The zero-order valence-electron chi connectivity index (χ0n) is 24.8. The van der Waals surface area contributed by atoms with Gasteiger partial charge in [0.05, 0.1) is 6.61 Å². The van der Waals surface area contributed by atoms with Crippen molar-refractivity contribution in [2.45, 2.75) is 91.4 Å². The van der Waals surface area contributed by atoms with Gasteiger partial charge in [-0.3, -0.25) is 0 Å². The highest BCUT2D eigenvalue weighted by Gasteiger charge is 2.16. The minimum atomic E-state index is 0.752. The Balaban J connectivity index is 1.60. The molecule has 0 fully saturated rings. The van der Waals surface area contributed by atoms with Gasteiger partial charge in [-0.05, 0) is 80.1 Å². The van der Waals surface area contributed by atoms with Crippen LogP contribution in [0.2, 0.25) is 0 Å². The first-order valence-corrected chi connectivity index (χ1v) is 15.5. The molecule has 0 aromatic heterocycles. The second-order valence-electron chi connectivity index (χ2n) is 10.8. The number of ether oxygens (including phenoxy) is 2. The van der Waals surface area contributed by atoms with Crippen molar-refractivity contribution in [3.63, 3.8) is 0 Å². The lowest BCUT2D eigenvalue weighted by atomic mass is 9.99. The molecule has 4 rings (SSSR count). The van der Waals surface area contributed by atoms with Gasteiger partial charge in [0.1, 0.15) is 17.3 Å². The first-order valence-electron chi connectivity index (χ1n) is 15.5. The molecule has 0 saturated heterocycles. The number of anilines is 3. The van der Waals surface area contributed by atoms with Gasteiger partial charge in [-0.15, -0.1) is 0 Å². The van der Waals surface area contributed by atoms with Crippen LogP contribution in [0, 0.1) is 0 Å². The molecule has 212 valence electrons. The highest BCUT2D eigenvalue weighted by atomic mass is 16.5. The van der Waals surface area contributed by atoms with Crippen LogP contribution in [0.3, 0.4) is 0 Å². The van der Waals surface area contributed by atoms with E-state index in [-0.39, 0.29) is 0 Å². The highest BCUT2D eigenvalue weighted by molar-refractivity contribution is 5.78. The van der Waals surface area contributed by atoms with Crippen LogP contribution in [-0.4, -0.2) is 6.61 Å². The molecule has 1 aliphatic carbocycles. The second kappa shape index (κ2) is 16.0. The number of unbranched alkanes of at least 4 members (excludes halogenated alkanes) is 4. The summed E-state index contributed by atoms with van der Waals surface area (Å²) in [6.07, 6.45) is 17.2. The fraction of sp³-hybridized carbons (Fsp3) is 0.405. The van der Waals surface area contributed by atoms with E-state index in [0.717, 1.165) is 73.0 Å². The van der Waals surface area contributed by atoms with E-state index >= 15 is 0 Å². The average Bonchev–Trinajstić information content (AvgIpc) is 2.98.